The molecule has 0 aromatic heterocycles. The van der Waals surface area contributed by atoms with Gasteiger partial charge in [0.05, 0.1) is 12.7 Å². The second-order valence-electron chi connectivity index (χ2n) is 2.86. The highest BCUT2D eigenvalue weighted by molar-refractivity contribution is 8.16. The summed E-state index contributed by atoms with van der Waals surface area (Å²) in [5.74, 6) is 1.88. The molecule has 0 bridgehead atoms. The third-order valence-electron chi connectivity index (χ3n) is 1.89. The Hall–Kier alpha value is 0.580. The molecule has 3 nitrogen and oxygen atoms in total. The molecule has 12 heavy (non-hydrogen) atoms. The zero-order chi connectivity index (χ0) is 8.97. The Morgan fingerprint density at radius 1 is 1.25 bits per heavy atom. The van der Waals surface area contributed by atoms with Crippen LogP contribution >= 0.6 is 23.5 Å². The van der Waals surface area contributed by atoms with E-state index in [1.807, 2.05) is 0 Å². The Balaban J connectivity index is 2.33. The second-order valence-corrected chi connectivity index (χ2v) is 5.29. The van der Waals surface area contributed by atoms with E-state index in [1.165, 1.54) is 0 Å². The molecule has 1 aliphatic rings. The molecule has 0 spiro atoms. The van der Waals surface area contributed by atoms with Gasteiger partial charge in [-0.25, -0.2) is 0 Å². The van der Waals surface area contributed by atoms with E-state index in [0.29, 0.717) is 0 Å². The van der Waals surface area contributed by atoms with Crippen molar-refractivity contribution in [3.05, 3.63) is 0 Å². The molecule has 0 aromatic rings. The van der Waals surface area contributed by atoms with Gasteiger partial charge in [0.1, 0.15) is 6.10 Å². The summed E-state index contributed by atoms with van der Waals surface area (Å²) in [7, 11) is 0. The van der Waals surface area contributed by atoms with E-state index < -0.39 is 12.2 Å². The van der Waals surface area contributed by atoms with E-state index in [0.717, 1.165) is 16.6 Å². The molecule has 1 fully saturated rings. The lowest BCUT2D eigenvalue weighted by atomic mass is 10.0. The monoisotopic (exact) mass is 210 g/mol. The van der Waals surface area contributed by atoms with Crippen LogP contribution in [0.1, 0.15) is 0 Å². The van der Waals surface area contributed by atoms with Gasteiger partial charge in [0, 0.05) is 22.5 Å². The molecule has 3 N–H and O–H groups in total. The average molecular weight is 210 g/mol. The van der Waals surface area contributed by atoms with Crippen molar-refractivity contribution >= 4 is 23.5 Å². The standard InChI is InChI=1S/C7H14O3S2/c8-1-6(9)7(10)5-2-11-4-12-3-5/h5-10H,1-4H2. The van der Waals surface area contributed by atoms with Crippen LogP contribution in [0, 0.1) is 5.92 Å². The Labute approximate surface area is 80.6 Å². The van der Waals surface area contributed by atoms with E-state index in [4.69, 9.17) is 10.2 Å². The van der Waals surface area contributed by atoms with Crippen LogP contribution in [0.3, 0.4) is 0 Å². The third kappa shape index (κ3) is 2.81. The molecule has 1 rings (SSSR count). The van der Waals surface area contributed by atoms with Gasteiger partial charge >= 0.3 is 0 Å². The summed E-state index contributed by atoms with van der Waals surface area (Å²) < 4.78 is 0. The van der Waals surface area contributed by atoms with E-state index in [-0.39, 0.29) is 12.5 Å². The first-order valence-corrected chi connectivity index (χ1v) is 6.19. The van der Waals surface area contributed by atoms with Crippen molar-refractivity contribution in [1.82, 2.24) is 0 Å². The molecule has 1 heterocycles. The van der Waals surface area contributed by atoms with Gasteiger partial charge in [-0.2, -0.15) is 23.5 Å². The lowest BCUT2D eigenvalue weighted by molar-refractivity contribution is -0.0338. The molecule has 0 saturated carbocycles. The van der Waals surface area contributed by atoms with Crippen molar-refractivity contribution in [2.75, 3.05) is 23.2 Å². The van der Waals surface area contributed by atoms with Crippen LogP contribution in [0.5, 0.6) is 0 Å². The first kappa shape index (κ1) is 10.7. The van der Waals surface area contributed by atoms with Gasteiger partial charge in [-0.15, -0.1) is 0 Å². The summed E-state index contributed by atoms with van der Waals surface area (Å²) in [4.78, 5) is 0. The molecule has 1 saturated heterocycles. The third-order valence-corrected chi connectivity index (χ3v) is 4.56. The van der Waals surface area contributed by atoms with Gasteiger partial charge in [-0.3, -0.25) is 0 Å². The minimum atomic E-state index is -0.978. The Kier molecular flexibility index (Phi) is 4.74. The molecule has 0 radical (unpaired) electrons. The molecular formula is C7H14O3S2. The summed E-state index contributed by atoms with van der Waals surface area (Å²) >= 11 is 3.54. The molecule has 0 amide bonds. The molecule has 1 aliphatic heterocycles. The van der Waals surface area contributed by atoms with Crippen LogP contribution in [-0.2, 0) is 0 Å². The summed E-state index contributed by atoms with van der Waals surface area (Å²) in [5.41, 5.74) is 0. The predicted molar refractivity (Wildman–Crippen MR) is 52.4 cm³/mol. The van der Waals surface area contributed by atoms with Crippen molar-refractivity contribution in [3.63, 3.8) is 0 Å². The van der Waals surface area contributed by atoms with E-state index >= 15 is 0 Å². The molecular weight excluding hydrogens is 196 g/mol. The first-order valence-electron chi connectivity index (χ1n) is 3.88. The molecule has 0 aromatic carbocycles. The molecule has 0 aliphatic carbocycles. The van der Waals surface area contributed by atoms with Crippen molar-refractivity contribution in [2.45, 2.75) is 12.2 Å². The number of hydrogen-bond donors (Lipinski definition) is 3. The summed E-state index contributed by atoms with van der Waals surface area (Å²) in [6.45, 7) is -0.354. The lowest BCUT2D eigenvalue weighted by Crippen LogP contribution is -2.39. The number of thioether (sulfide) groups is 2. The minimum Gasteiger partial charge on any atom is -0.394 e. The second kappa shape index (κ2) is 5.34. The van der Waals surface area contributed by atoms with Gasteiger partial charge < -0.3 is 15.3 Å². The quantitative estimate of drug-likeness (QED) is 0.600. The number of aliphatic hydroxyl groups excluding tert-OH is 3. The normalized spacial score (nSPS) is 25.2. The number of aliphatic hydroxyl groups is 3. The highest BCUT2D eigenvalue weighted by Crippen LogP contribution is 2.28. The Morgan fingerprint density at radius 3 is 2.33 bits per heavy atom. The van der Waals surface area contributed by atoms with Crippen molar-refractivity contribution in [3.8, 4) is 0 Å². The van der Waals surface area contributed by atoms with Crippen LogP contribution in [0.2, 0.25) is 0 Å². The van der Waals surface area contributed by atoms with Crippen LogP contribution in [0.4, 0.5) is 0 Å². The van der Waals surface area contributed by atoms with E-state index in [9.17, 15) is 5.11 Å². The van der Waals surface area contributed by atoms with Crippen LogP contribution in [0.25, 0.3) is 0 Å². The summed E-state index contributed by atoms with van der Waals surface area (Å²) in [5, 5.41) is 28.3. The maximum absolute atomic E-state index is 9.51. The molecule has 5 heteroatoms. The van der Waals surface area contributed by atoms with E-state index in [2.05, 4.69) is 0 Å². The number of hydrogen-bond acceptors (Lipinski definition) is 5. The van der Waals surface area contributed by atoms with Gasteiger partial charge in [0.15, 0.2) is 0 Å². The van der Waals surface area contributed by atoms with E-state index in [1.54, 1.807) is 23.5 Å². The fourth-order valence-corrected chi connectivity index (χ4v) is 3.75. The van der Waals surface area contributed by atoms with Crippen LogP contribution in [-0.4, -0.2) is 50.7 Å². The lowest BCUT2D eigenvalue weighted by Gasteiger charge is -2.28. The Bertz CT molecular complexity index is 128. The first-order chi connectivity index (χ1) is 5.75. The Morgan fingerprint density at radius 2 is 1.83 bits per heavy atom. The van der Waals surface area contributed by atoms with Crippen LogP contribution < -0.4 is 0 Å². The molecule has 72 valence electrons. The van der Waals surface area contributed by atoms with Gasteiger partial charge in [0.2, 0.25) is 0 Å². The maximum atomic E-state index is 9.51. The smallest absolute Gasteiger partial charge is 0.103 e. The van der Waals surface area contributed by atoms with Crippen LogP contribution in [0.15, 0.2) is 0 Å². The van der Waals surface area contributed by atoms with Crippen molar-refractivity contribution < 1.29 is 15.3 Å². The average Bonchev–Trinajstić information content (AvgIpc) is 2.17. The summed E-state index contributed by atoms with van der Waals surface area (Å²) in [6.07, 6.45) is -1.75. The predicted octanol–water partition coefficient (Wildman–Crippen LogP) is -0.246. The fraction of sp³-hybridized carbons (Fsp3) is 1.00. The fourth-order valence-electron chi connectivity index (χ4n) is 1.13. The largest absolute Gasteiger partial charge is 0.394 e. The highest BCUT2D eigenvalue weighted by Gasteiger charge is 2.27. The highest BCUT2D eigenvalue weighted by atomic mass is 32.2. The van der Waals surface area contributed by atoms with Gasteiger partial charge in [0.25, 0.3) is 0 Å². The summed E-state index contributed by atoms with van der Waals surface area (Å²) in [6, 6.07) is 0. The zero-order valence-electron chi connectivity index (χ0n) is 6.72. The van der Waals surface area contributed by atoms with Crippen molar-refractivity contribution in [2.24, 2.45) is 5.92 Å². The minimum absolute atomic E-state index is 0.121. The van der Waals surface area contributed by atoms with Gasteiger partial charge in [-0.1, -0.05) is 0 Å². The van der Waals surface area contributed by atoms with Gasteiger partial charge in [-0.05, 0) is 0 Å². The maximum Gasteiger partial charge on any atom is 0.103 e. The topological polar surface area (TPSA) is 60.7 Å². The number of rotatable bonds is 3. The zero-order valence-corrected chi connectivity index (χ0v) is 8.35. The molecule has 2 unspecified atom stereocenters. The van der Waals surface area contributed by atoms with Crippen molar-refractivity contribution in [1.29, 1.82) is 0 Å². The SMILES string of the molecule is OCC(O)C(O)C1CSCSC1. The molecule has 2 atom stereocenters.